The molecule has 3 rings (SSSR count). The summed E-state index contributed by atoms with van der Waals surface area (Å²) in [5.74, 6) is 0.826. The molecule has 1 N–H and O–H groups in total. The SMILES string of the molecule is Cc1ccc(OCCC(=O)NCc2ccccc2CN2CCCC2)cc1. The highest BCUT2D eigenvalue weighted by Crippen LogP contribution is 2.16. The molecule has 0 radical (unpaired) electrons. The van der Waals surface area contributed by atoms with Crippen molar-refractivity contribution in [2.45, 2.75) is 39.3 Å². The predicted octanol–water partition coefficient (Wildman–Crippen LogP) is 3.68. The Kier molecular flexibility index (Phi) is 6.67. The van der Waals surface area contributed by atoms with Crippen LogP contribution < -0.4 is 10.1 Å². The van der Waals surface area contributed by atoms with Crippen molar-refractivity contribution < 1.29 is 9.53 Å². The third-order valence-corrected chi connectivity index (χ3v) is 4.81. The Hall–Kier alpha value is -2.33. The first-order valence-corrected chi connectivity index (χ1v) is 9.46. The van der Waals surface area contributed by atoms with Gasteiger partial charge < -0.3 is 10.1 Å². The molecule has 26 heavy (non-hydrogen) atoms. The second-order valence-corrected chi connectivity index (χ2v) is 6.94. The Labute approximate surface area is 156 Å². The van der Waals surface area contributed by atoms with E-state index in [9.17, 15) is 4.79 Å². The Morgan fingerprint density at radius 3 is 2.46 bits per heavy atom. The lowest BCUT2D eigenvalue weighted by Gasteiger charge is -2.17. The maximum atomic E-state index is 12.1. The van der Waals surface area contributed by atoms with Gasteiger partial charge >= 0.3 is 0 Å². The fourth-order valence-electron chi connectivity index (χ4n) is 3.24. The molecule has 0 spiro atoms. The molecule has 1 aliphatic heterocycles. The molecule has 2 aromatic carbocycles. The smallest absolute Gasteiger partial charge is 0.223 e. The van der Waals surface area contributed by atoms with E-state index in [2.05, 4.69) is 28.4 Å². The number of carbonyl (C=O) groups excluding carboxylic acids is 1. The van der Waals surface area contributed by atoms with Crippen LogP contribution in [0, 0.1) is 6.92 Å². The van der Waals surface area contributed by atoms with Gasteiger partial charge in [0.25, 0.3) is 0 Å². The highest BCUT2D eigenvalue weighted by molar-refractivity contribution is 5.76. The predicted molar refractivity (Wildman–Crippen MR) is 104 cm³/mol. The fraction of sp³-hybridized carbons (Fsp3) is 0.409. The van der Waals surface area contributed by atoms with Crippen LogP contribution in [0.15, 0.2) is 48.5 Å². The van der Waals surface area contributed by atoms with Crippen LogP contribution in [0.4, 0.5) is 0 Å². The van der Waals surface area contributed by atoms with Gasteiger partial charge in [-0.2, -0.15) is 0 Å². The number of nitrogens with zero attached hydrogens (tertiary/aromatic N) is 1. The molecule has 0 unspecified atom stereocenters. The molecule has 1 fully saturated rings. The number of ether oxygens (including phenoxy) is 1. The first-order chi connectivity index (χ1) is 12.7. The molecular weight excluding hydrogens is 324 g/mol. The zero-order valence-electron chi connectivity index (χ0n) is 15.5. The summed E-state index contributed by atoms with van der Waals surface area (Å²) in [6, 6.07) is 16.3. The average Bonchev–Trinajstić information content (AvgIpc) is 3.16. The summed E-state index contributed by atoms with van der Waals surface area (Å²) in [6.45, 7) is 6.34. The van der Waals surface area contributed by atoms with Crippen molar-refractivity contribution in [3.8, 4) is 5.75 Å². The summed E-state index contributed by atoms with van der Waals surface area (Å²) in [5.41, 5.74) is 3.71. The molecule has 0 aliphatic carbocycles. The van der Waals surface area contributed by atoms with E-state index < -0.39 is 0 Å². The minimum Gasteiger partial charge on any atom is -0.493 e. The molecule has 1 heterocycles. The second-order valence-electron chi connectivity index (χ2n) is 6.94. The van der Waals surface area contributed by atoms with Gasteiger partial charge in [-0.1, -0.05) is 42.0 Å². The summed E-state index contributed by atoms with van der Waals surface area (Å²) in [5, 5.41) is 3.02. The average molecular weight is 352 g/mol. The van der Waals surface area contributed by atoms with Crippen LogP contribution in [0.25, 0.3) is 0 Å². The van der Waals surface area contributed by atoms with Crippen LogP contribution in [-0.2, 0) is 17.9 Å². The fourth-order valence-corrected chi connectivity index (χ4v) is 3.24. The monoisotopic (exact) mass is 352 g/mol. The standard InChI is InChI=1S/C22H28N2O2/c1-18-8-10-21(11-9-18)26-15-12-22(25)23-16-19-6-2-3-7-20(19)17-24-13-4-5-14-24/h2-3,6-11H,4-5,12-17H2,1H3,(H,23,25). The van der Waals surface area contributed by atoms with Gasteiger partial charge in [-0.3, -0.25) is 9.69 Å². The molecule has 2 aromatic rings. The van der Waals surface area contributed by atoms with Gasteiger partial charge in [0.15, 0.2) is 0 Å². The van der Waals surface area contributed by atoms with Crippen molar-refractivity contribution in [3.05, 3.63) is 65.2 Å². The van der Waals surface area contributed by atoms with Crippen LogP contribution >= 0.6 is 0 Å². The van der Waals surface area contributed by atoms with Gasteiger partial charge in [0, 0.05) is 13.1 Å². The van der Waals surface area contributed by atoms with Crippen LogP contribution in [-0.4, -0.2) is 30.5 Å². The molecule has 138 valence electrons. The van der Waals surface area contributed by atoms with Crippen molar-refractivity contribution in [3.63, 3.8) is 0 Å². The number of amides is 1. The van der Waals surface area contributed by atoms with E-state index in [4.69, 9.17) is 4.74 Å². The molecule has 0 bridgehead atoms. The minimum atomic E-state index is 0.0214. The van der Waals surface area contributed by atoms with Gasteiger partial charge in [0.1, 0.15) is 5.75 Å². The lowest BCUT2D eigenvalue weighted by atomic mass is 10.1. The molecule has 1 amide bonds. The van der Waals surface area contributed by atoms with Crippen LogP contribution in [0.5, 0.6) is 5.75 Å². The van der Waals surface area contributed by atoms with Crippen molar-refractivity contribution in [1.82, 2.24) is 10.2 Å². The molecule has 4 heteroatoms. The lowest BCUT2D eigenvalue weighted by Crippen LogP contribution is -2.26. The summed E-state index contributed by atoms with van der Waals surface area (Å²) < 4.78 is 5.63. The van der Waals surface area contributed by atoms with E-state index in [0.29, 0.717) is 19.6 Å². The van der Waals surface area contributed by atoms with Gasteiger partial charge in [-0.05, 0) is 56.1 Å². The van der Waals surface area contributed by atoms with E-state index >= 15 is 0 Å². The van der Waals surface area contributed by atoms with Crippen LogP contribution in [0.2, 0.25) is 0 Å². The Morgan fingerprint density at radius 2 is 1.73 bits per heavy atom. The summed E-state index contributed by atoms with van der Waals surface area (Å²) in [7, 11) is 0. The van der Waals surface area contributed by atoms with Crippen LogP contribution in [0.3, 0.4) is 0 Å². The topological polar surface area (TPSA) is 41.6 Å². The van der Waals surface area contributed by atoms with Crippen molar-refractivity contribution >= 4 is 5.91 Å². The van der Waals surface area contributed by atoms with Crippen molar-refractivity contribution in [2.24, 2.45) is 0 Å². The minimum absolute atomic E-state index is 0.0214. The van der Waals surface area contributed by atoms with Gasteiger partial charge in [0.2, 0.25) is 5.91 Å². The number of aryl methyl sites for hydroxylation is 1. The lowest BCUT2D eigenvalue weighted by molar-refractivity contribution is -0.121. The van der Waals surface area contributed by atoms with E-state index in [1.54, 1.807) is 0 Å². The van der Waals surface area contributed by atoms with Gasteiger partial charge in [0.05, 0.1) is 13.0 Å². The van der Waals surface area contributed by atoms with Gasteiger partial charge in [-0.25, -0.2) is 0 Å². The molecule has 1 aliphatic rings. The van der Waals surface area contributed by atoms with E-state index in [1.165, 1.54) is 42.6 Å². The van der Waals surface area contributed by atoms with Gasteiger partial charge in [-0.15, -0.1) is 0 Å². The Balaban J connectivity index is 1.43. The summed E-state index contributed by atoms with van der Waals surface area (Å²) in [4.78, 5) is 14.6. The number of hydrogen-bond donors (Lipinski definition) is 1. The highest BCUT2D eigenvalue weighted by Gasteiger charge is 2.13. The largest absolute Gasteiger partial charge is 0.493 e. The second kappa shape index (κ2) is 9.39. The maximum absolute atomic E-state index is 12.1. The quantitative estimate of drug-likeness (QED) is 0.788. The number of rotatable bonds is 8. The maximum Gasteiger partial charge on any atom is 0.223 e. The number of hydrogen-bond acceptors (Lipinski definition) is 3. The number of nitrogens with one attached hydrogen (secondary N) is 1. The van der Waals surface area contributed by atoms with Crippen molar-refractivity contribution in [1.29, 1.82) is 0 Å². The highest BCUT2D eigenvalue weighted by atomic mass is 16.5. The molecule has 0 atom stereocenters. The summed E-state index contributed by atoms with van der Waals surface area (Å²) >= 11 is 0. The summed E-state index contributed by atoms with van der Waals surface area (Å²) in [6.07, 6.45) is 2.95. The molecule has 0 saturated carbocycles. The molecular formula is C22H28N2O2. The number of benzene rings is 2. The zero-order chi connectivity index (χ0) is 18.2. The number of likely N-dealkylation sites (tertiary alicyclic amines) is 1. The third-order valence-electron chi connectivity index (χ3n) is 4.81. The van der Waals surface area contributed by atoms with E-state index in [1.807, 2.05) is 37.3 Å². The van der Waals surface area contributed by atoms with E-state index in [-0.39, 0.29) is 5.91 Å². The first-order valence-electron chi connectivity index (χ1n) is 9.46. The zero-order valence-corrected chi connectivity index (χ0v) is 15.5. The van der Waals surface area contributed by atoms with Crippen molar-refractivity contribution in [2.75, 3.05) is 19.7 Å². The Bertz CT molecular complexity index is 706. The third kappa shape index (κ3) is 5.60. The van der Waals surface area contributed by atoms with E-state index in [0.717, 1.165) is 12.3 Å². The number of carbonyl (C=O) groups is 1. The molecule has 1 saturated heterocycles. The normalized spacial score (nSPS) is 14.3. The van der Waals surface area contributed by atoms with Crippen LogP contribution in [0.1, 0.15) is 36.0 Å². The molecule has 0 aromatic heterocycles. The first kappa shape index (κ1) is 18.5. The molecule has 4 nitrogen and oxygen atoms in total. The Morgan fingerprint density at radius 1 is 1.04 bits per heavy atom.